The standard InChI is InChI=1S/C10H9ClN4OS/c11-7-3-1-6(2-4-7)9(16)12-5-8-13-10(17)15-14-8/h1-4H,5H2,(H,12,16)(H2,13,14,15,17). The van der Waals surface area contributed by atoms with Crippen molar-refractivity contribution in [3.8, 4) is 0 Å². The predicted molar refractivity (Wildman–Crippen MR) is 66.4 cm³/mol. The fourth-order valence-electron chi connectivity index (χ4n) is 1.26. The first-order valence-electron chi connectivity index (χ1n) is 4.82. The Hall–Kier alpha value is -1.66. The lowest BCUT2D eigenvalue weighted by atomic mass is 10.2. The summed E-state index contributed by atoms with van der Waals surface area (Å²) in [6.07, 6.45) is 0. The Morgan fingerprint density at radius 2 is 2.06 bits per heavy atom. The summed E-state index contributed by atoms with van der Waals surface area (Å²) in [6.45, 7) is 0.286. The molecular weight excluding hydrogens is 260 g/mol. The molecule has 17 heavy (non-hydrogen) atoms. The molecule has 3 N–H and O–H groups in total. The van der Waals surface area contributed by atoms with E-state index in [0.29, 0.717) is 21.2 Å². The van der Waals surface area contributed by atoms with E-state index in [9.17, 15) is 4.79 Å². The number of carbonyl (C=O) groups excluding carboxylic acids is 1. The zero-order valence-corrected chi connectivity index (χ0v) is 10.2. The maximum absolute atomic E-state index is 11.7. The Balaban J connectivity index is 1.98. The average Bonchev–Trinajstić information content (AvgIpc) is 2.73. The Morgan fingerprint density at radius 1 is 1.35 bits per heavy atom. The maximum Gasteiger partial charge on any atom is 0.251 e. The molecule has 0 aliphatic carbocycles. The number of hydrogen-bond acceptors (Lipinski definition) is 3. The molecule has 0 bridgehead atoms. The zero-order valence-electron chi connectivity index (χ0n) is 8.66. The number of aromatic nitrogens is 3. The van der Waals surface area contributed by atoms with Crippen LogP contribution in [0.5, 0.6) is 0 Å². The van der Waals surface area contributed by atoms with Crippen molar-refractivity contribution in [1.82, 2.24) is 20.5 Å². The van der Waals surface area contributed by atoms with Crippen LogP contribution >= 0.6 is 23.8 Å². The van der Waals surface area contributed by atoms with Crippen molar-refractivity contribution in [1.29, 1.82) is 0 Å². The van der Waals surface area contributed by atoms with Crippen LogP contribution in [-0.2, 0) is 6.54 Å². The van der Waals surface area contributed by atoms with E-state index in [2.05, 4.69) is 20.5 Å². The van der Waals surface area contributed by atoms with Crippen LogP contribution in [0.25, 0.3) is 0 Å². The molecule has 0 aliphatic rings. The molecule has 88 valence electrons. The van der Waals surface area contributed by atoms with Crippen LogP contribution in [0.3, 0.4) is 0 Å². The summed E-state index contributed by atoms with van der Waals surface area (Å²) in [7, 11) is 0. The van der Waals surface area contributed by atoms with Gasteiger partial charge in [0.25, 0.3) is 5.91 Å². The van der Waals surface area contributed by atoms with Gasteiger partial charge in [-0.05, 0) is 36.5 Å². The lowest BCUT2D eigenvalue weighted by Gasteiger charge is -2.02. The number of nitrogens with one attached hydrogen (secondary N) is 3. The normalized spacial score (nSPS) is 10.2. The molecule has 2 rings (SSSR count). The number of rotatable bonds is 3. The van der Waals surface area contributed by atoms with Gasteiger partial charge in [-0.25, -0.2) is 4.98 Å². The molecule has 7 heteroatoms. The predicted octanol–water partition coefficient (Wildman–Crippen LogP) is 2.05. The van der Waals surface area contributed by atoms with Gasteiger partial charge in [0.2, 0.25) is 4.77 Å². The molecule has 0 atom stereocenters. The Kier molecular flexibility index (Phi) is 3.55. The quantitative estimate of drug-likeness (QED) is 0.746. The van der Waals surface area contributed by atoms with Crippen LogP contribution in [0.2, 0.25) is 5.02 Å². The number of H-pyrrole nitrogens is 2. The summed E-state index contributed by atoms with van der Waals surface area (Å²) in [5.41, 5.74) is 0.545. The van der Waals surface area contributed by atoms with Crippen molar-refractivity contribution in [2.45, 2.75) is 6.54 Å². The summed E-state index contributed by atoms with van der Waals surface area (Å²) in [4.78, 5) is 15.7. The first-order chi connectivity index (χ1) is 8.15. The summed E-state index contributed by atoms with van der Waals surface area (Å²) in [5.74, 6) is 0.390. The molecule has 1 heterocycles. The van der Waals surface area contributed by atoms with E-state index >= 15 is 0 Å². The highest BCUT2D eigenvalue weighted by Gasteiger charge is 2.05. The first kappa shape index (κ1) is 11.8. The summed E-state index contributed by atoms with van der Waals surface area (Å²) in [6, 6.07) is 6.64. The van der Waals surface area contributed by atoms with E-state index in [1.807, 2.05) is 0 Å². The molecule has 1 amide bonds. The minimum atomic E-state index is -0.191. The van der Waals surface area contributed by atoms with Gasteiger partial charge in [0, 0.05) is 10.6 Å². The van der Waals surface area contributed by atoms with Crippen LogP contribution in [0.15, 0.2) is 24.3 Å². The molecule has 1 aromatic carbocycles. The third kappa shape index (κ3) is 3.15. The number of halogens is 1. The Labute approximate surface area is 107 Å². The number of nitrogens with zero attached hydrogens (tertiary/aromatic N) is 1. The SMILES string of the molecule is O=C(NCc1nc(=S)[nH][nH]1)c1ccc(Cl)cc1. The van der Waals surface area contributed by atoms with Gasteiger partial charge < -0.3 is 5.32 Å². The molecule has 0 saturated carbocycles. The third-order valence-electron chi connectivity index (χ3n) is 2.07. The molecule has 0 unspecified atom stereocenters. The molecule has 2 aromatic rings. The molecule has 0 saturated heterocycles. The van der Waals surface area contributed by atoms with E-state index in [-0.39, 0.29) is 12.5 Å². The largest absolute Gasteiger partial charge is 0.345 e. The molecule has 5 nitrogen and oxygen atoms in total. The van der Waals surface area contributed by atoms with Crippen molar-refractivity contribution in [3.05, 3.63) is 45.4 Å². The minimum absolute atomic E-state index is 0.191. The van der Waals surface area contributed by atoms with Crippen LogP contribution < -0.4 is 5.32 Å². The number of hydrogen-bond donors (Lipinski definition) is 3. The second kappa shape index (κ2) is 5.11. The fraction of sp³-hybridized carbons (Fsp3) is 0.100. The second-order valence-corrected chi connectivity index (χ2v) is 4.13. The van der Waals surface area contributed by atoms with Crippen LogP contribution in [-0.4, -0.2) is 21.1 Å². The molecule has 0 radical (unpaired) electrons. The van der Waals surface area contributed by atoms with E-state index in [0.717, 1.165) is 0 Å². The first-order valence-corrected chi connectivity index (χ1v) is 5.61. The summed E-state index contributed by atoms with van der Waals surface area (Å²) < 4.78 is 0.362. The number of benzene rings is 1. The van der Waals surface area contributed by atoms with Crippen LogP contribution in [0, 0.1) is 4.77 Å². The van der Waals surface area contributed by atoms with E-state index < -0.39 is 0 Å². The van der Waals surface area contributed by atoms with Gasteiger partial charge in [0.15, 0.2) is 0 Å². The number of aromatic amines is 2. The second-order valence-electron chi connectivity index (χ2n) is 3.30. The lowest BCUT2D eigenvalue weighted by Crippen LogP contribution is -2.23. The van der Waals surface area contributed by atoms with E-state index in [4.69, 9.17) is 23.8 Å². The van der Waals surface area contributed by atoms with Gasteiger partial charge in [-0.15, -0.1) is 0 Å². The Morgan fingerprint density at radius 3 is 2.65 bits per heavy atom. The molecule has 0 fully saturated rings. The van der Waals surface area contributed by atoms with Gasteiger partial charge in [0.05, 0.1) is 6.54 Å². The van der Waals surface area contributed by atoms with Gasteiger partial charge in [-0.2, -0.15) is 0 Å². The van der Waals surface area contributed by atoms with Gasteiger partial charge in [-0.3, -0.25) is 15.0 Å². The number of carbonyl (C=O) groups is 1. The van der Waals surface area contributed by atoms with Crippen molar-refractivity contribution >= 4 is 29.7 Å². The fourth-order valence-corrected chi connectivity index (χ4v) is 1.54. The van der Waals surface area contributed by atoms with Crippen LogP contribution in [0.4, 0.5) is 0 Å². The molecule has 1 aromatic heterocycles. The highest BCUT2D eigenvalue weighted by Crippen LogP contribution is 2.09. The average molecular weight is 269 g/mol. The topological polar surface area (TPSA) is 73.6 Å². The lowest BCUT2D eigenvalue weighted by molar-refractivity contribution is 0.0950. The zero-order chi connectivity index (χ0) is 12.3. The van der Waals surface area contributed by atoms with Crippen molar-refractivity contribution in [3.63, 3.8) is 0 Å². The van der Waals surface area contributed by atoms with Crippen LogP contribution in [0.1, 0.15) is 16.2 Å². The highest BCUT2D eigenvalue weighted by molar-refractivity contribution is 7.71. The maximum atomic E-state index is 11.7. The van der Waals surface area contributed by atoms with Crippen molar-refractivity contribution in [2.75, 3.05) is 0 Å². The summed E-state index contributed by atoms with van der Waals surface area (Å²) in [5, 5.41) is 8.70. The van der Waals surface area contributed by atoms with Gasteiger partial charge >= 0.3 is 0 Å². The van der Waals surface area contributed by atoms with Crippen molar-refractivity contribution < 1.29 is 4.79 Å². The van der Waals surface area contributed by atoms with Gasteiger partial charge in [-0.1, -0.05) is 11.6 Å². The monoisotopic (exact) mass is 268 g/mol. The minimum Gasteiger partial charge on any atom is -0.345 e. The molecule has 0 aliphatic heterocycles. The number of amides is 1. The van der Waals surface area contributed by atoms with Crippen molar-refractivity contribution in [2.24, 2.45) is 0 Å². The summed E-state index contributed by atoms with van der Waals surface area (Å²) >= 11 is 10.5. The Bertz CT molecular complexity index is 574. The van der Waals surface area contributed by atoms with Gasteiger partial charge in [0.1, 0.15) is 5.82 Å². The van der Waals surface area contributed by atoms with E-state index in [1.165, 1.54) is 0 Å². The smallest absolute Gasteiger partial charge is 0.251 e. The third-order valence-corrected chi connectivity index (χ3v) is 2.52. The molecular formula is C10H9ClN4OS. The van der Waals surface area contributed by atoms with E-state index in [1.54, 1.807) is 24.3 Å². The highest BCUT2D eigenvalue weighted by atomic mass is 35.5. The molecule has 0 spiro atoms.